The first-order valence-corrected chi connectivity index (χ1v) is 3.75. The second kappa shape index (κ2) is 3.53. The van der Waals surface area contributed by atoms with Crippen LogP contribution in [0.4, 0.5) is 0 Å². The van der Waals surface area contributed by atoms with Crippen LogP contribution in [-0.4, -0.2) is 16.7 Å². The van der Waals surface area contributed by atoms with Crippen LogP contribution in [0.5, 0.6) is 0 Å². The van der Waals surface area contributed by atoms with Gasteiger partial charge >= 0.3 is 0 Å². The number of imidazole rings is 1. The highest BCUT2D eigenvalue weighted by Gasteiger charge is 1.99. The minimum atomic E-state index is 0.480. The Kier molecular flexibility index (Phi) is 2.65. The van der Waals surface area contributed by atoms with Crippen molar-refractivity contribution in [3.05, 3.63) is 18.2 Å². The molecule has 0 aromatic carbocycles. The molecule has 62 valence electrons. The van der Waals surface area contributed by atoms with Crippen molar-refractivity contribution in [1.29, 1.82) is 0 Å². The number of hydrogen-bond acceptors (Lipinski definition) is 2. The predicted octanol–water partition coefficient (Wildman–Crippen LogP) is 1.61. The zero-order valence-corrected chi connectivity index (χ0v) is 7.24. The highest BCUT2D eigenvalue weighted by Crippen LogP contribution is 2.05. The fourth-order valence-corrected chi connectivity index (χ4v) is 0.884. The van der Waals surface area contributed by atoms with Crippen molar-refractivity contribution in [3.63, 3.8) is 0 Å². The SMILES string of the molecule is COCc1cn(C(C)C)cn1. The molecule has 0 saturated heterocycles. The van der Waals surface area contributed by atoms with Gasteiger partial charge in [-0.15, -0.1) is 0 Å². The maximum atomic E-state index is 4.95. The maximum absolute atomic E-state index is 4.95. The molecule has 0 saturated carbocycles. The molecule has 0 aliphatic carbocycles. The van der Waals surface area contributed by atoms with Gasteiger partial charge in [0.25, 0.3) is 0 Å². The van der Waals surface area contributed by atoms with Crippen molar-refractivity contribution in [2.45, 2.75) is 26.5 Å². The number of nitrogens with zero attached hydrogens (tertiary/aromatic N) is 2. The number of methoxy groups -OCH3 is 1. The van der Waals surface area contributed by atoms with Gasteiger partial charge in [0.1, 0.15) is 0 Å². The summed E-state index contributed by atoms with van der Waals surface area (Å²) in [5.41, 5.74) is 0.987. The molecule has 1 heterocycles. The first kappa shape index (κ1) is 8.27. The van der Waals surface area contributed by atoms with Gasteiger partial charge in [-0.2, -0.15) is 0 Å². The molecule has 0 amide bonds. The van der Waals surface area contributed by atoms with Gasteiger partial charge in [-0.05, 0) is 13.8 Å². The summed E-state index contributed by atoms with van der Waals surface area (Å²) < 4.78 is 7.01. The third kappa shape index (κ3) is 2.05. The van der Waals surface area contributed by atoms with Gasteiger partial charge in [0.2, 0.25) is 0 Å². The second-order valence-electron chi connectivity index (χ2n) is 2.84. The molecule has 0 bridgehead atoms. The molecule has 1 rings (SSSR count). The van der Waals surface area contributed by atoms with E-state index in [1.54, 1.807) is 7.11 Å². The van der Waals surface area contributed by atoms with E-state index in [-0.39, 0.29) is 0 Å². The van der Waals surface area contributed by atoms with Crippen molar-refractivity contribution in [1.82, 2.24) is 9.55 Å². The van der Waals surface area contributed by atoms with Gasteiger partial charge in [-0.25, -0.2) is 4.98 Å². The molecule has 1 aromatic rings. The van der Waals surface area contributed by atoms with Crippen LogP contribution in [0.15, 0.2) is 12.5 Å². The van der Waals surface area contributed by atoms with Crippen molar-refractivity contribution in [2.24, 2.45) is 0 Å². The third-order valence-electron chi connectivity index (χ3n) is 1.54. The Morgan fingerprint density at radius 1 is 1.64 bits per heavy atom. The number of rotatable bonds is 3. The molecule has 0 atom stereocenters. The Morgan fingerprint density at radius 3 is 2.82 bits per heavy atom. The van der Waals surface area contributed by atoms with Gasteiger partial charge in [-0.3, -0.25) is 0 Å². The number of aromatic nitrogens is 2. The number of ether oxygens (including phenoxy) is 1. The first-order valence-electron chi connectivity index (χ1n) is 3.75. The van der Waals surface area contributed by atoms with Crippen LogP contribution in [0.2, 0.25) is 0 Å². The average molecular weight is 154 g/mol. The van der Waals surface area contributed by atoms with Crippen molar-refractivity contribution >= 4 is 0 Å². The van der Waals surface area contributed by atoms with E-state index in [0.717, 1.165) is 5.69 Å². The minimum absolute atomic E-state index is 0.480. The zero-order chi connectivity index (χ0) is 8.27. The smallest absolute Gasteiger partial charge is 0.0952 e. The van der Waals surface area contributed by atoms with Crippen LogP contribution >= 0.6 is 0 Å². The quantitative estimate of drug-likeness (QED) is 0.661. The standard InChI is InChI=1S/C8H14N2O/c1-7(2)10-4-8(5-11-3)9-6-10/h4,6-7H,5H2,1-3H3. The van der Waals surface area contributed by atoms with Gasteiger partial charge in [-0.1, -0.05) is 0 Å². The topological polar surface area (TPSA) is 27.1 Å². The fraction of sp³-hybridized carbons (Fsp3) is 0.625. The monoisotopic (exact) mass is 154 g/mol. The third-order valence-corrected chi connectivity index (χ3v) is 1.54. The summed E-state index contributed by atoms with van der Waals surface area (Å²) in [7, 11) is 1.67. The Bertz CT molecular complexity index is 218. The minimum Gasteiger partial charge on any atom is -0.378 e. The maximum Gasteiger partial charge on any atom is 0.0952 e. The zero-order valence-electron chi connectivity index (χ0n) is 7.24. The fourth-order valence-electron chi connectivity index (χ4n) is 0.884. The summed E-state index contributed by atoms with van der Waals surface area (Å²) in [4.78, 5) is 4.17. The lowest BCUT2D eigenvalue weighted by Gasteiger charge is -2.03. The summed E-state index contributed by atoms with van der Waals surface area (Å²) in [6, 6.07) is 0.480. The van der Waals surface area contributed by atoms with E-state index in [0.29, 0.717) is 12.6 Å². The molecule has 3 heteroatoms. The molecule has 0 aliphatic heterocycles. The van der Waals surface area contributed by atoms with E-state index in [4.69, 9.17) is 4.74 Å². The lowest BCUT2D eigenvalue weighted by molar-refractivity contribution is 0.181. The Morgan fingerprint density at radius 2 is 2.36 bits per heavy atom. The van der Waals surface area contributed by atoms with Gasteiger partial charge in [0.05, 0.1) is 18.6 Å². The van der Waals surface area contributed by atoms with Crippen LogP contribution in [0.3, 0.4) is 0 Å². The first-order chi connectivity index (χ1) is 5.24. The Hall–Kier alpha value is -0.830. The van der Waals surface area contributed by atoms with Crippen LogP contribution in [0.1, 0.15) is 25.6 Å². The molecule has 0 N–H and O–H groups in total. The van der Waals surface area contributed by atoms with Crippen LogP contribution in [0.25, 0.3) is 0 Å². The Labute approximate surface area is 67.0 Å². The highest BCUT2D eigenvalue weighted by atomic mass is 16.5. The van der Waals surface area contributed by atoms with E-state index >= 15 is 0 Å². The van der Waals surface area contributed by atoms with Gasteiger partial charge < -0.3 is 9.30 Å². The van der Waals surface area contributed by atoms with Gasteiger partial charge in [0, 0.05) is 19.3 Å². The molecular weight excluding hydrogens is 140 g/mol. The molecular formula is C8H14N2O. The van der Waals surface area contributed by atoms with Crippen molar-refractivity contribution in [3.8, 4) is 0 Å². The molecule has 0 unspecified atom stereocenters. The summed E-state index contributed by atoms with van der Waals surface area (Å²) in [6.07, 6.45) is 3.84. The molecule has 0 aliphatic rings. The van der Waals surface area contributed by atoms with E-state index < -0.39 is 0 Å². The molecule has 0 radical (unpaired) electrons. The highest BCUT2D eigenvalue weighted by molar-refractivity contribution is 4.95. The van der Waals surface area contributed by atoms with Crippen LogP contribution in [-0.2, 0) is 11.3 Å². The van der Waals surface area contributed by atoms with Crippen molar-refractivity contribution in [2.75, 3.05) is 7.11 Å². The predicted molar refractivity (Wildman–Crippen MR) is 43.3 cm³/mol. The lowest BCUT2D eigenvalue weighted by Crippen LogP contribution is -1.96. The molecule has 11 heavy (non-hydrogen) atoms. The summed E-state index contributed by atoms with van der Waals surface area (Å²) >= 11 is 0. The normalized spacial score (nSPS) is 10.9. The molecule has 0 spiro atoms. The summed E-state index contributed by atoms with van der Waals surface area (Å²) in [6.45, 7) is 4.84. The van der Waals surface area contributed by atoms with Gasteiger partial charge in [0.15, 0.2) is 0 Å². The number of hydrogen-bond donors (Lipinski definition) is 0. The molecule has 1 aromatic heterocycles. The van der Waals surface area contributed by atoms with Crippen molar-refractivity contribution < 1.29 is 4.74 Å². The average Bonchev–Trinajstić information content (AvgIpc) is 2.37. The van der Waals surface area contributed by atoms with E-state index in [1.807, 2.05) is 12.5 Å². The largest absolute Gasteiger partial charge is 0.378 e. The van der Waals surface area contributed by atoms with E-state index in [1.165, 1.54) is 0 Å². The second-order valence-corrected chi connectivity index (χ2v) is 2.84. The molecule has 3 nitrogen and oxygen atoms in total. The van der Waals surface area contributed by atoms with Crippen LogP contribution in [0, 0.1) is 0 Å². The molecule has 0 fully saturated rings. The lowest BCUT2D eigenvalue weighted by atomic mass is 10.4. The summed E-state index contributed by atoms with van der Waals surface area (Å²) in [5, 5.41) is 0. The van der Waals surface area contributed by atoms with Crippen LogP contribution < -0.4 is 0 Å². The van der Waals surface area contributed by atoms with E-state index in [9.17, 15) is 0 Å². The Balaban J connectivity index is 2.66. The summed E-state index contributed by atoms with van der Waals surface area (Å²) in [5.74, 6) is 0. The van der Waals surface area contributed by atoms with E-state index in [2.05, 4.69) is 23.4 Å².